The summed E-state index contributed by atoms with van der Waals surface area (Å²) < 4.78 is 90.8. The standard InChI is InChI=1S/C27H32Cl2F6N4O4/c1-5-43-23(42)25(4)8-6-15(7-9-25)39-21(26(30,31)32)16(10-37-39)22(41)38(14-24(2,3)27(33,34)35)13-19(40)20-17(28)11-36-12-18(20)29/h10-12,15,19,40H,5-9,13-14H2,1-4H3. The van der Waals surface area contributed by atoms with Gasteiger partial charge in [-0.25, -0.2) is 0 Å². The van der Waals surface area contributed by atoms with Crippen molar-refractivity contribution in [3.63, 3.8) is 0 Å². The van der Waals surface area contributed by atoms with Crippen LogP contribution in [0.15, 0.2) is 18.6 Å². The molecule has 0 spiro atoms. The first-order valence-electron chi connectivity index (χ1n) is 13.4. The van der Waals surface area contributed by atoms with Crippen molar-refractivity contribution in [1.29, 1.82) is 0 Å². The Bertz CT molecular complexity index is 1300. The lowest BCUT2D eigenvalue weighted by molar-refractivity contribution is -0.215. The van der Waals surface area contributed by atoms with Crippen molar-refractivity contribution in [1.82, 2.24) is 19.7 Å². The van der Waals surface area contributed by atoms with Gasteiger partial charge >= 0.3 is 18.3 Å². The maximum atomic E-state index is 14.5. The molecule has 0 saturated heterocycles. The van der Waals surface area contributed by atoms with E-state index in [9.17, 15) is 41.0 Å². The summed E-state index contributed by atoms with van der Waals surface area (Å²) in [6, 6.07) is -0.847. The Labute approximate surface area is 254 Å². The van der Waals surface area contributed by atoms with Crippen LogP contribution in [0.1, 0.15) is 87.1 Å². The zero-order chi connectivity index (χ0) is 32.5. The number of ether oxygens (including phenoxy) is 1. The van der Waals surface area contributed by atoms with E-state index in [1.807, 2.05) is 0 Å². The summed E-state index contributed by atoms with van der Waals surface area (Å²) in [5, 5.41) is 14.4. The van der Waals surface area contributed by atoms with Gasteiger partial charge in [0.25, 0.3) is 5.91 Å². The largest absolute Gasteiger partial charge is 0.466 e. The first-order chi connectivity index (χ1) is 19.7. The van der Waals surface area contributed by atoms with Gasteiger partial charge in [0.15, 0.2) is 5.69 Å². The third kappa shape index (κ3) is 7.56. The van der Waals surface area contributed by atoms with Crippen LogP contribution in [-0.4, -0.2) is 62.5 Å². The molecule has 43 heavy (non-hydrogen) atoms. The molecule has 2 aromatic rings. The average Bonchev–Trinajstić information content (AvgIpc) is 3.33. The topological polar surface area (TPSA) is 97.6 Å². The smallest absolute Gasteiger partial charge is 0.433 e. The molecule has 1 N–H and O–H groups in total. The number of nitrogens with zero attached hydrogens (tertiary/aromatic N) is 4. The van der Waals surface area contributed by atoms with E-state index in [1.54, 1.807) is 13.8 Å². The fourth-order valence-electron chi connectivity index (χ4n) is 5.07. The van der Waals surface area contributed by atoms with Crippen LogP contribution in [0.5, 0.6) is 0 Å². The van der Waals surface area contributed by atoms with E-state index in [0.29, 0.717) is 15.8 Å². The Balaban J connectivity index is 2.01. The molecule has 8 nitrogen and oxygen atoms in total. The second-order valence-electron chi connectivity index (χ2n) is 11.5. The predicted octanol–water partition coefficient (Wildman–Crippen LogP) is 7.05. The van der Waals surface area contributed by atoms with Crippen LogP contribution in [0.2, 0.25) is 10.0 Å². The van der Waals surface area contributed by atoms with Crippen LogP contribution in [0.4, 0.5) is 26.3 Å². The van der Waals surface area contributed by atoms with Gasteiger partial charge in [-0.2, -0.15) is 31.4 Å². The van der Waals surface area contributed by atoms with Crippen LogP contribution in [-0.2, 0) is 15.7 Å². The number of aliphatic hydroxyl groups is 1. The molecule has 16 heteroatoms. The van der Waals surface area contributed by atoms with Gasteiger partial charge < -0.3 is 14.7 Å². The molecule has 1 unspecified atom stereocenters. The highest BCUT2D eigenvalue weighted by atomic mass is 35.5. The fraction of sp³-hybridized carbons (Fsp3) is 0.630. The van der Waals surface area contributed by atoms with Crippen LogP contribution < -0.4 is 0 Å². The number of alkyl halides is 6. The number of pyridine rings is 1. The zero-order valence-corrected chi connectivity index (χ0v) is 25.3. The maximum absolute atomic E-state index is 14.5. The Kier molecular flexibility index (Phi) is 10.4. The molecule has 1 saturated carbocycles. The molecule has 0 radical (unpaired) electrons. The van der Waals surface area contributed by atoms with Crippen molar-refractivity contribution in [2.75, 3.05) is 19.7 Å². The second-order valence-corrected chi connectivity index (χ2v) is 12.3. The third-order valence-electron chi connectivity index (χ3n) is 7.72. The highest BCUT2D eigenvalue weighted by Crippen LogP contribution is 2.45. The fourth-order valence-corrected chi connectivity index (χ4v) is 5.68. The summed E-state index contributed by atoms with van der Waals surface area (Å²) in [5.41, 5.74) is -6.05. The maximum Gasteiger partial charge on any atom is 0.433 e. The number of carbonyl (C=O) groups is 2. The van der Waals surface area contributed by atoms with E-state index in [4.69, 9.17) is 27.9 Å². The minimum Gasteiger partial charge on any atom is -0.466 e. The monoisotopic (exact) mass is 660 g/mol. The molecule has 1 aliphatic carbocycles. The summed E-state index contributed by atoms with van der Waals surface area (Å²) in [4.78, 5) is 30.3. The van der Waals surface area contributed by atoms with Crippen LogP contribution in [0.3, 0.4) is 0 Å². The Morgan fingerprint density at radius 1 is 1.12 bits per heavy atom. The highest BCUT2D eigenvalue weighted by Gasteiger charge is 2.50. The molecule has 1 aliphatic rings. The predicted molar refractivity (Wildman–Crippen MR) is 144 cm³/mol. The molecule has 2 heterocycles. The quantitative estimate of drug-likeness (QED) is 0.229. The van der Waals surface area contributed by atoms with Gasteiger partial charge in [0.2, 0.25) is 0 Å². The van der Waals surface area contributed by atoms with E-state index in [0.717, 1.165) is 26.2 Å². The van der Waals surface area contributed by atoms with E-state index in [1.165, 1.54) is 0 Å². The summed E-state index contributed by atoms with van der Waals surface area (Å²) in [6.45, 7) is 3.05. The lowest BCUT2D eigenvalue weighted by atomic mass is 9.74. The zero-order valence-electron chi connectivity index (χ0n) is 23.8. The summed E-state index contributed by atoms with van der Waals surface area (Å²) in [7, 11) is 0. The summed E-state index contributed by atoms with van der Waals surface area (Å²) >= 11 is 12.1. The van der Waals surface area contributed by atoms with Gasteiger partial charge in [0.05, 0.1) is 57.9 Å². The van der Waals surface area contributed by atoms with E-state index in [-0.39, 0.29) is 47.9 Å². The van der Waals surface area contributed by atoms with Crippen molar-refractivity contribution in [2.24, 2.45) is 10.8 Å². The van der Waals surface area contributed by atoms with Crippen molar-refractivity contribution in [3.8, 4) is 0 Å². The molecule has 240 valence electrons. The van der Waals surface area contributed by atoms with E-state index in [2.05, 4.69) is 10.1 Å². The van der Waals surface area contributed by atoms with Crippen molar-refractivity contribution in [2.45, 2.75) is 77.9 Å². The lowest BCUT2D eigenvalue weighted by Crippen LogP contribution is -2.47. The third-order valence-corrected chi connectivity index (χ3v) is 8.33. The molecular formula is C27H32Cl2F6N4O4. The first-order valence-corrected chi connectivity index (χ1v) is 14.1. The van der Waals surface area contributed by atoms with Gasteiger partial charge in [0, 0.05) is 24.5 Å². The lowest BCUT2D eigenvalue weighted by Gasteiger charge is -2.36. The SMILES string of the molecule is CCOC(=O)C1(C)CCC(n2ncc(C(=O)N(CC(O)c3c(Cl)cncc3Cl)CC(C)(C)C(F)(F)F)c2C(F)(F)F)CC1. The number of hydrogen-bond acceptors (Lipinski definition) is 6. The van der Waals surface area contributed by atoms with Gasteiger partial charge in [-0.05, 0) is 53.4 Å². The number of hydrogen-bond donors (Lipinski definition) is 1. The number of amides is 1. The summed E-state index contributed by atoms with van der Waals surface area (Å²) in [5.74, 6) is -1.89. The van der Waals surface area contributed by atoms with Gasteiger partial charge in [0.1, 0.15) is 0 Å². The number of carbonyl (C=O) groups excluding carboxylic acids is 2. The number of halogens is 8. The Hall–Kier alpha value is -2.58. The number of esters is 1. The molecule has 0 aliphatic heterocycles. The molecule has 0 bridgehead atoms. The first kappa shape index (κ1) is 34.9. The molecule has 1 amide bonds. The normalized spacial score (nSPS) is 20.5. The van der Waals surface area contributed by atoms with Crippen molar-refractivity contribution in [3.05, 3.63) is 45.5 Å². The molecule has 1 atom stereocenters. The molecule has 1 fully saturated rings. The Morgan fingerprint density at radius 2 is 1.67 bits per heavy atom. The van der Waals surface area contributed by atoms with Crippen LogP contribution in [0, 0.1) is 10.8 Å². The van der Waals surface area contributed by atoms with Crippen LogP contribution in [0.25, 0.3) is 0 Å². The molecule has 3 rings (SSSR count). The average molecular weight is 661 g/mol. The van der Waals surface area contributed by atoms with Gasteiger partial charge in [-0.3, -0.25) is 19.3 Å². The second kappa shape index (κ2) is 12.8. The van der Waals surface area contributed by atoms with Gasteiger partial charge in [-0.1, -0.05) is 23.2 Å². The van der Waals surface area contributed by atoms with Crippen molar-refractivity contribution < 1.29 is 45.8 Å². The molecule has 2 aromatic heterocycles. The number of aliphatic hydroxyl groups excluding tert-OH is 1. The number of rotatable bonds is 9. The van der Waals surface area contributed by atoms with E-state index < -0.39 is 71.6 Å². The molecular weight excluding hydrogens is 629 g/mol. The van der Waals surface area contributed by atoms with E-state index >= 15 is 0 Å². The minimum atomic E-state index is -5.12. The van der Waals surface area contributed by atoms with Crippen LogP contribution >= 0.6 is 23.2 Å². The van der Waals surface area contributed by atoms with Crippen molar-refractivity contribution >= 4 is 35.1 Å². The highest BCUT2D eigenvalue weighted by molar-refractivity contribution is 6.35. The van der Waals surface area contributed by atoms with Gasteiger partial charge in [-0.15, -0.1) is 0 Å². The summed E-state index contributed by atoms with van der Waals surface area (Å²) in [6.07, 6.45) is -8.24. The minimum absolute atomic E-state index is 0.107. The number of aromatic nitrogens is 3. The molecule has 0 aromatic carbocycles. The Morgan fingerprint density at radius 3 is 2.16 bits per heavy atom.